The van der Waals surface area contributed by atoms with E-state index in [2.05, 4.69) is 57.7 Å². The van der Waals surface area contributed by atoms with E-state index in [1.54, 1.807) is 0 Å². The van der Waals surface area contributed by atoms with Crippen LogP contribution in [0.15, 0.2) is 43.0 Å². The molecule has 5 nitrogen and oxygen atoms in total. The molecule has 0 saturated heterocycles. The third kappa shape index (κ3) is 4.19. The molecule has 20 heavy (non-hydrogen) atoms. The Labute approximate surface area is 121 Å². The van der Waals surface area contributed by atoms with Crippen molar-refractivity contribution in [3.05, 3.63) is 54.4 Å². The van der Waals surface area contributed by atoms with Crippen molar-refractivity contribution >= 4 is 0 Å². The van der Waals surface area contributed by atoms with Crippen molar-refractivity contribution in [3.63, 3.8) is 0 Å². The van der Waals surface area contributed by atoms with E-state index < -0.39 is 0 Å². The van der Waals surface area contributed by atoms with Gasteiger partial charge in [-0.3, -0.25) is 4.98 Å². The molecule has 2 heterocycles. The minimum atomic E-state index is 0.807. The molecule has 0 aromatic carbocycles. The Kier molecular flexibility index (Phi) is 4.87. The largest absolute Gasteiger partial charge is 0.393 e. The summed E-state index contributed by atoms with van der Waals surface area (Å²) in [5.74, 6) is 0. The van der Waals surface area contributed by atoms with Crippen LogP contribution in [0.25, 0.3) is 0 Å². The molecule has 5 heteroatoms. The van der Waals surface area contributed by atoms with Gasteiger partial charge >= 0.3 is 0 Å². The van der Waals surface area contributed by atoms with Gasteiger partial charge in [0.1, 0.15) is 0 Å². The first kappa shape index (κ1) is 14.2. The summed E-state index contributed by atoms with van der Waals surface area (Å²) in [7, 11) is 6.01. The van der Waals surface area contributed by atoms with Crippen molar-refractivity contribution < 1.29 is 0 Å². The van der Waals surface area contributed by atoms with Gasteiger partial charge in [0.25, 0.3) is 0 Å². The SMILES string of the molecule is CN/C=C\N(C)Cc1cccc(CN2C=CN(C)C2)n1. The van der Waals surface area contributed by atoms with Gasteiger partial charge in [-0.25, -0.2) is 0 Å². The maximum absolute atomic E-state index is 4.72. The van der Waals surface area contributed by atoms with Gasteiger partial charge in [-0.2, -0.15) is 0 Å². The minimum absolute atomic E-state index is 0.807. The first-order valence-corrected chi connectivity index (χ1v) is 6.79. The van der Waals surface area contributed by atoms with E-state index in [4.69, 9.17) is 4.98 Å². The predicted molar refractivity (Wildman–Crippen MR) is 81.2 cm³/mol. The van der Waals surface area contributed by atoms with Gasteiger partial charge in [-0.05, 0) is 12.1 Å². The third-order valence-corrected chi connectivity index (χ3v) is 3.07. The van der Waals surface area contributed by atoms with E-state index in [-0.39, 0.29) is 0 Å². The molecule has 1 aliphatic heterocycles. The fraction of sp³-hybridized carbons (Fsp3) is 0.400. The number of nitrogens with zero attached hydrogens (tertiary/aromatic N) is 4. The van der Waals surface area contributed by atoms with Gasteiger partial charge in [-0.1, -0.05) is 6.07 Å². The average Bonchev–Trinajstić information content (AvgIpc) is 2.82. The Bertz CT molecular complexity index is 483. The summed E-state index contributed by atoms with van der Waals surface area (Å²) in [5, 5.41) is 2.99. The van der Waals surface area contributed by atoms with Gasteiger partial charge in [0, 0.05) is 45.9 Å². The zero-order valence-electron chi connectivity index (χ0n) is 12.5. The Morgan fingerprint density at radius 3 is 2.85 bits per heavy atom. The number of nitrogens with one attached hydrogen (secondary N) is 1. The summed E-state index contributed by atoms with van der Waals surface area (Å²) in [6.07, 6.45) is 8.11. The summed E-state index contributed by atoms with van der Waals surface area (Å²) in [5.41, 5.74) is 2.19. The summed E-state index contributed by atoms with van der Waals surface area (Å²) < 4.78 is 0. The van der Waals surface area contributed by atoms with Crippen LogP contribution in [0.1, 0.15) is 11.4 Å². The van der Waals surface area contributed by atoms with Crippen LogP contribution in [0.4, 0.5) is 0 Å². The molecule has 0 saturated carbocycles. The van der Waals surface area contributed by atoms with Gasteiger partial charge in [0.05, 0.1) is 31.1 Å². The predicted octanol–water partition coefficient (Wildman–Crippen LogP) is 1.38. The molecule has 0 aliphatic carbocycles. The second-order valence-corrected chi connectivity index (χ2v) is 5.08. The topological polar surface area (TPSA) is 34.6 Å². The number of hydrogen-bond donors (Lipinski definition) is 1. The summed E-state index contributed by atoms with van der Waals surface area (Å²) in [6, 6.07) is 6.23. The van der Waals surface area contributed by atoms with Crippen LogP contribution in [-0.4, -0.2) is 47.5 Å². The normalized spacial score (nSPS) is 14.3. The Hall–Kier alpha value is -2.17. The fourth-order valence-corrected chi connectivity index (χ4v) is 2.12. The molecule has 0 spiro atoms. The van der Waals surface area contributed by atoms with Crippen molar-refractivity contribution in [2.75, 3.05) is 27.8 Å². The first-order chi connectivity index (χ1) is 9.67. The van der Waals surface area contributed by atoms with Crippen LogP contribution in [0.2, 0.25) is 0 Å². The van der Waals surface area contributed by atoms with Gasteiger partial charge in [0.2, 0.25) is 0 Å². The quantitative estimate of drug-likeness (QED) is 0.847. The molecule has 1 aromatic rings. The summed E-state index contributed by atoms with van der Waals surface area (Å²) in [6.45, 7) is 2.59. The molecule has 0 unspecified atom stereocenters. The van der Waals surface area contributed by atoms with Crippen molar-refractivity contribution in [3.8, 4) is 0 Å². The first-order valence-electron chi connectivity index (χ1n) is 6.79. The zero-order valence-corrected chi connectivity index (χ0v) is 12.5. The molecule has 2 rings (SSSR count). The van der Waals surface area contributed by atoms with E-state index >= 15 is 0 Å². The molecule has 1 aromatic heterocycles. The molecule has 0 amide bonds. The smallest absolute Gasteiger partial charge is 0.0894 e. The molecule has 108 valence electrons. The third-order valence-electron chi connectivity index (χ3n) is 3.07. The lowest BCUT2D eigenvalue weighted by Gasteiger charge is -2.18. The minimum Gasteiger partial charge on any atom is -0.393 e. The molecule has 0 bridgehead atoms. The second-order valence-electron chi connectivity index (χ2n) is 5.08. The maximum Gasteiger partial charge on any atom is 0.0894 e. The molecule has 0 atom stereocenters. The van der Waals surface area contributed by atoms with E-state index in [1.165, 1.54) is 0 Å². The highest BCUT2D eigenvalue weighted by Gasteiger charge is 2.09. The van der Waals surface area contributed by atoms with Crippen molar-refractivity contribution in [1.29, 1.82) is 0 Å². The van der Waals surface area contributed by atoms with Crippen molar-refractivity contribution in [2.45, 2.75) is 13.1 Å². The fourth-order valence-electron chi connectivity index (χ4n) is 2.12. The van der Waals surface area contributed by atoms with Crippen LogP contribution in [-0.2, 0) is 13.1 Å². The number of aromatic nitrogens is 1. The number of rotatable bonds is 6. The van der Waals surface area contributed by atoms with E-state index in [0.717, 1.165) is 31.1 Å². The van der Waals surface area contributed by atoms with E-state index in [0.29, 0.717) is 0 Å². The van der Waals surface area contributed by atoms with Crippen LogP contribution in [0.5, 0.6) is 0 Å². The van der Waals surface area contributed by atoms with Crippen LogP contribution < -0.4 is 5.32 Å². The van der Waals surface area contributed by atoms with E-state index in [9.17, 15) is 0 Å². The van der Waals surface area contributed by atoms with Crippen molar-refractivity contribution in [2.24, 2.45) is 0 Å². The van der Waals surface area contributed by atoms with Crippen LogP contribution >= 0.6 is 0 Å². The standard InChI is InChI=1S/C15H23N5/c1-16-7-8-18(2)11-14-5-4-6-15(17-14)12-20-10-9-19(3)13-20/h4-10,16H,11-13H2,1-3H3/b8-7-. The second kappa shape index (κ2) is 6.84. The molecule has 0 fully saturated rings. The summed E-state index contributed by atoms with van der Waals surface area (Å²) in [4.78, 5) is 11.2. The highest BCUT2D eigenvalue weighted by atomic mass is 15.3. The zero-order chi connectivity index (χ0) is 14.4. The monoisotopic (exact) mass is 273 g/mol. The highest BCUT2D eigenvalue weighted by molar-refractivity contribution is 5.12. The maximum atomic E-state index is 4.72. The van der Waals surface area contributed by atoms with Crippen molar-refractivity contribution in [1.82, 2.24) is 25.0 Å². The Balaban J connectivity index is 1.94. The lowest BCUT2D eigenvalue weighted by atomic mass is 10.3. The average molecular weight is 273 g/mol. The molecule has 1 N–H and O–H groups in total. The van der Waals surface area contributed by atoms with E-state index in [1.807, 2.05) is 26.5 Å². The Morgan fingerprint density at radius 2 is 2.15 bits per heavy atom. The molecular weight excluding hydrogens is 250 g/mol. The van der Waals surface area contributed by atoms with Crippen LogP contribution in [0, 0.1) is 0 Å². The van der Waals surface area contributed by atoms with Gasteiger partial charge < -0.3 is 20.0 Å². The number of pyridine rings is 1. The highest BCUT2D eigenvalue weighted by Crippen LogP contribution is 2.10. The lowest BCUT2D eigenvalue weighted by molar-refractivity contribution is 0.288. The lowest BCUT2D eigenvalue weighted by Crippen LogP contribution is -2.22. The number of hydrogen-bond acceptors (Lipinski definition) is 5. The molecule has 1 aliphatic rings. The summed E-state index contributed by atoms with van der Waals surface area (Å²) >= 11 is 0. The molecule has 0 radical (unpaired) electrons. The van der Waals surface area contributed by atoms with Gasteiger partial charge in [0.15, 0.2) is 0 Å². The Morgan fingerprint density at radius 1 is 1.35 bits per heavy atom. The van der Waals surface area contributed by atoms with Crippen LogP contribution in [0.3, 0.4) is 0 Å². The molecular formula is C15H23N5. The van der Waals surface area contributed by atoms with Gasteiger partial charge in [-0.15, -0.1) is 0 Å².